The number of ether oxygens (including phenoxy) is 1. The first-order valence-corrected chi connectivity index (χ1v) is 5.55. The van der Waals surface area contributed by atoms with Crippen LogP contribution in [0, 0.1) is 6.92 Å². The normalized spacial score (nSPS) is 25.0. The lowest BCUT2D eigenvalue weighted by atomic mass is 9.90. The Morgan fingerprint density at radius 3 is 3.00 bits per heavy atom. The van der Waals surface area contributed by atoms with Crippen LogP contribution in [0.3, 0.4) is 0 Å². The fourth-order valence-corrected chi connectivity index (χ4v) is 2.35. The second-order valence-corrected chi connectivity index (χ2v) is 4.48. The van der Waals surface area contributed by atoms with Crippen LogP contribution >= 0.6 is 0 Å². The summed E-state index contributed by atoms with van der Waals surface area (Å²) >= 11 is 0. The van der Waals surface area contributed by atoms with Crippen LogP contribution in [-0.4, -0.2) is 19.8 Å². The fourth-order valence-electron chi connectivity index (χ4n) is 2.35. The van der Waals surface area contributed by atoms with Crippen molar-refractivity contribution in [2.75, 3.05) is 13.7 Å². The van der Waals surface area contributed by atoms with Crippen LogP contribution in [0.4, 0.5) is 0 Å². The van der Waals surface area contributed by atoms with E-state index in [2.05, 4.69) is 37.4 Å². The number of hydrogen-bond acceptors (Lipinski definition) is 2. The van der Waals surface area contributed by atoms with Gasteiger partial charge < -0.3 is 10.1 Å². The molecule has 1 aromatic rings. The number of hydrogen-bond donors (Lipinski definition) is 1. The molecule has 2 rings (SSSR count). The summed E-state index contributed by atoms with van der Waals surface area (Å²) in [6, 6.07) is 7.62. The van der Waals surface area contributed by atoms with Gasteiger partial charge in [-0.15, -0.1) is 0 Å². The Bertz CT molecular complexity index is 348. The van der Waals surface area contributed by atoms with Crippen LogP contribution in [0.1, 0.15) is 29.7 Å². The molecule has 82 valence electrons. The molecule has 2 atom stereocenters. The Balaban J connectivity index is 2.34. The highest BCUT2D eigenvalue weighted by Crippen LogP contribution is 2.26. The van der Waals surface area contributed by atoms with E-state index in [4.69, 9.17) is 4.74 Å². The van der Waals surface area contributed by atoms with Crippen LogP contribution in [0.15, 0.2) is 18.2 Å². The average Bonchev–Trinajstić information content (AvgIpc) is 2.19. The highest BCUT2D eigenvalue weighted by molar-refractivity contribution is 5.36. The molecule has 0 aromatic heterocycles. The SMILES string of the molecule is COCC1NC(C)Cc2ccc(C)cc21. The minimum absolute atomic E-state index is 0.355. The Hall–Kier alpha value is -0.860. The minimum Gasteiger partial charge on any atom is -0.383 e. The van der Waals surface area contributed by atoms with Crippen LogP contribution in [-0.2, 0) is 11.2 Å². The van der Waals surface area contributed by atoms with Crippen LogP contribution in [0.5, 0.6) is 0 Å². The molecule has 1 N–H and O–H groups in total. The molecule has 0 spiro atoms. The first kappa shape index (κ1) is 10.7. The van der Waals surface area contributed by atoms with E-state index in [9.17, 15) is 0 Å². The first-order chi connectivity index (χ1) is 7.20. The van der Waals surface area contributed by atoms with E-state index >= 15 is 0 Å². The largest absolute Gasteiger partial charge is 0.383 e. The van der Waals surface area contributed by atoms with Gasteiger partial charge in [0, 0.05) is 13.2 Å². The van der Waals surface area contributed by atoms with Crippen molar-refractivity contribution < 1.29 is 4.74 Å². The summed E-state index contributed by atoms with van der Waals surface area (Å²) in [6.45, 7) is 5.12. The third-order valence-electron chi connectivity index (χ3n) is 3.02. The van der Waals surface area contributed by atoms with Crippen molar-refractivity contribution in [2.45, 2.75) is 32.4 Å². The van der Waals surface area contributed by atoms with Gasteiger partial charge in [-0.2, -0.15) is 0 Å². The third kappa shape index (κ3) is 2.21. The van der Waals surface area contributed by atoms with Crippen molar-refractivity contribution in [1.29, 1.82) is 0 Å². The lowest BCUT2D eigenvalue weighted by Crippen LogP contribution is -2.39. The van der Waals surface area contributed by atoms with E-state index in [1.54, 1.807) is 7.11 Å². The van der Waals surface area contributed by atoms with Gasteiger partial charge in [0.2, 0.25) is 0 Å². The minimum atomic E-state index is 0.355. The lowest BCUT2D eigenvalue weighted by Gasteiger charge is -2.31. The molecule has 2 heteroatoms. The molecule has 2 unspecified atom stereocenters. The van der Waals surface area contributed by atoms with E-state index in [1.165, 1.54) is 16.7 Å². The molecule has 0 radical (unpaired) electrons. The van der Waals surface area contributed by atoms with Gasteiger partial charge in [-0.3, -0.25) is 0 Å². The van der Waals surface area contributed by atoms with E-state index in [-0.39, 0.29) is 0 Å². The molecule has 0 fully saturated rings. The zero-order valence-electron chi connectivity index (χ0n) is 9.71. The number of methoxy groups -OCH3 is 1. The average molecular weight is 205 g/mol. The predicted octanol–water partition coefficient (Wildman–Crippen LogP) is 2.22. The molecule has 15 heavy (non-hydrogen) atoms. The molecular formula is C13H19NO. The zero-order valence-corrected chi connectivity index (χ0v) is 9.71. The monoisotopic (exact) mass is 205 g/mol. The van der Waals surface area contributed by atoms with E-state index in [1.807, 2.05) is 0 Å². The summed E-state index contributed by atoms with van der Waals surface area (Å²) in [6.07, 6.45) is 1.12. The topological polar surface area (TPSA) is 21.3 Å². The van der Waals surface area contributed by atoms with Crippen molar-refractivity contribution >= 4 is 0 Å². The molecule has 1 aliphatic heterocycles. The van der Waals surface area contributed by atoms with Crippen molar-refractivity contribution in [2.24, 2.45) is 0 Å². The maximum absolute atomic E-state index is 5.26. The maximum Gasteiger partial charge on any atom is 0.0657 e. The van der Waals surface area contributed by atoms with Crippen LogP contribution in [0.2, 0.25) is 0 Å². The first-order valence-electron chi connectivity index (χ1n) is 5.55. The van der Waals surface area contributed by atoms with Crippen molar-refractivity contribution in [3.8, 4) is 0 Å². The summed E-state index contributed by atoms with van der Waals surface area (Å²) in [5.41, 5.74) is 4.20. The summed E-state index contributed by atoms with van der Waals surface area (Å²) < 4.78 is 5.26. The van der Waals surface area contributed by atoms with Crippen LogP contribution < -0.4 is 5.32 Å². The highest BCUT2D eigenvalue weighted by atomic mass is 16.5. The quantitative estimate of drug-likeness (QED) is 0.799. The fraction of sp³-hybridized carbons (Fsp3) is 0.538. The molecule has 1 heterocycles. The van der Waals surface area contributed by atoms with Gasteiger partial charge in [0.05, 0.1) is 12.6 Å². The van der Waals surface area contributed by atoms with Crippen molar-refractivity contribution in [3.63, 3.8) is 0 Å². The molecular weight excluding hydrogens is 186 g/mol. The number of nitrogens with one attached hydrogen (secondary N) is 1. The molecule has 0 saturated heterocycles. The van der Waals surface area contributed by atoms with Gasteiger partial charge in [0.25, 0.3) is 0 Å². The smallest absolute Gasteiger partial charge is 0.0657 e. The molecule has 2 nitrogen and oxygen atoms in total. The molecule has 0 saturated carbocycles. The number of fused-ring (bicyclic) bond motifs is 1. The number of aryl methyl sites for hydroxylation is 1. The predicted molar refractivity (Wildman–Crippen MR) is 62.1 cm³/mol. The summed E-state index contributed by atoms with van der Waals surface area (Å²) in [4.78, 5) is 0. The Kier molecular flexibility index (Phi) is 3.08. The third-order valence-corrected chi connectivity index (χ3v) is 3.02. The molecule has 0 amide bonds. The van der Waals surface area contributed by atoms with Crippen LogP contribution in [0.25, 0.3) is 0 Å². The van der Waals surface area contributed by atoms with E-state index < -0.39 is 0 Å². The molecule has 1 aromatic carbocycles. The van der Waals surface area contributed by atoms with Gasteiger partial charge in [0.1, 0.15) is 0 Å². The Morgan fingerprint density at radius 2 is 2.27 bits per heavy atom. The molecule has 1 aliphatic rings. The van der Waals surface area contributed by atoms with Crippen molar-refractivity contribution in [1.82, 2.24) is 5.32 Å². The Labute approximate surface area is 91.6 Å². The summed E-state index contributed by atoms with van der Waals surface area (Å²) in [7, 11) is 1.76. The highest BCUT2D eigenvalue weighted by Gasteiger charge is 2.23. The maximum atomic E-state index is 5.26. The zero-order chi connectivity index (χ0) is 10.8. The van der Waals surface area contributed by atoms with Gasteiger partial charge in [-0.1, -0.05) is 23.8 Å². The van der Waals surface area contributed by atoms with Gasteiger partial charge >= 0.3 is 0 Å². The van der Waals surface area contributed by atoms with E-state index in [0.29, 0.717) is 12.1 Å². The lowest BCUT2D eigenvalue weighted by molar-refractivity contribution is 0.158. The summed E-state index contributed by atoms with van der Waals surface area (Å²) in [5.74, 6) is 0. The van der Waals surface area contributed by atoms with E-state index in [0.717, 1.165) is 13.0 Å². The molecule has 0 bridgehead atoms. The van der Waals surface area contributed by atoms with Crippen molar-refractivity contribution in [3.05, 3.63) is 34.9 Å². The van der Waals surface area contributed by atoms with Gasteiger partial charge in [-0.05, 0) is 31.4 Å². The summed E-state index contributed by atoms with van der Waals surface area (Å²) in [5, 5.41) is 3.58. The van der Waals surface area contributed by atoms with Gasteiger partial charge in [-0.25, -0.2) is 0 Å². The number of benzene rings is 1. The standard InChI is InChI=1S/C13H19NO/c1-9-4-5-11-7-10(2)14-13(8-15-3)12(11)6-9/h4-6,10,13-14H,7-8H2,1-3H3. The second kappa shape index (κ2) is 4.33. The Morgan fingerprint density at radius 1 is 1.47 bits per heavy atom. The molecule has 0 aliphatic carbocycles. The second-order valence-electron chi connectivity index (χ2n) is 4.48. The van der Waals surface area contributed by atoms with Gasteiger partial charge in [0.15, 0.2) is 0 Å². The number of rotatable bonds is 2.